The highest BCUT2D eigenvalue weighted by atomic mass is 16.7. The molecule has 48 valence electrons. The molecular formula is C5H11NO2. The molecule has 2 atom stereocenters. The van der Waals surface area contributed by atoms with Gasteiger partial charge in [-0.15, -0.1) is 0 Å². The number of epoxide rings is 1. The molecule has 1 fully saturated rings. The van der Waals surface area contributed by atoms with Crippen molar-refractivity contribution in [1.82, 2.24) is 0 Å². The molecule has 8 heavy (non-hydrogen) atoms. The average Bonchev–Trinajstić information content (AvgIpc) is 2.13. The van der Waals surface area contributed by atoms with Crippen molar-refractivity contribution in [3.63, 3.8) is 0 Å². The van der Waals surface area contributed by atoms with Gasteiger partial charge in [-0.05, 0) is 13.8 Å². The van der Waals surface area contributed by atoms with Gasteiger partial charge in [0.25, 0.3) is 0 Å². The fourth-order valence-corrected chi connectivity index (χ4v) is 0.648. The van der Waals surface area contributed by atoms with Crippen molar-refractivity contribution in [2.24, 2.45) is 5.73 Å². The van der Waals surface area contributed by atoms with E-state index in [1.54, 1.807) is 0 Å². The van der Waals surface area contributed by atoms with E-state index in [4.69, 9.17) is 15.6 Å². The third kappa shape index (κ3) is 0.992. The van der Waals surface area contributed by atoms with Crippen LogP contribution < -0.4 is 5.73 Å². The van der Waals surface area contributed by atoms with Crippen molar-refractivity contribution in [1.29, 1.82) is 0 Å². The van der Waals surface area contributed by atoms with Crippen molar-refractivity contribution >= 4 is 0 Å². The first-order chi connectivity index (χ1) is 3.52. The lowest BCUT2D eigenvalue weighted by Crippen LogP contribution is -2.39. The second-order valence-electron chi connectivity index (χ2n) is 2.77. The van der Waals surface area contributed by atoms with E-state index >= 15 is 0 Å². The second kappa shape index (κ2) is 1.43. The van der Waals surface area contributed by atoms with Gasteiger partial charge in [0.05, 0.1) is 0 Å². The molecule has 3 nitrogen and oxygen atoms in total. The van der Waals surface area contributed by atoms with Crippen LogP contribution in [-0.2, 0) is 4.74 Å². The standard InChI is InChI=1S/C5H11NO2/c1-5(2,6)3-4(7)8-3/h3-4,7H,6H2,1-2H3. The van der Waals surface area contributed by atoms with Crippen LogP contribution >= 0.6 is 0 Å². The van der Waals surface area contributed by atoms with Crippen molar-refractivity contribution in [3.8, 4) is 0 Å². The zero-order chi connectivity index (χ0) is 6.36. The van der Waals surface area contributed by atoms with E-state index in [1.807, 2.05) is 13.8 Å². The molecule has 2 unspecified atom stereocenters. The average molecular weight is 117 g/mol. The molecule has 0 aromatic carbocycles. The van der Waals surface area contributed by atoms with Crippen LogP contribution in [0.25, 0.3) is 0 Å². The summed E-state index contributed by atoms with van der Waals surface area (Å²) in [6.07, 6.45) is -0.766. The van der Waals surface area contributed by atoms with Gasteiger partial charge in [0.15, 0.2) is 6.29 Å². The molecule has 0 radical (unpaired) electrons. The summed E-state index contributed by atoms with van der Waals surface area (Å²) in [6, 6.07) is 0. The van der Waals surface area contributed by atoms with Crippen LogP contribution in [0.15, 0.2) is 0 Å². The molecule has 3 heteroatoms. The summed E-state index contributed by atoms with van der Waals surface area (Å²) in [5.74, 6) is 0. The maximum atomic E-state index is 8.66. The first-order valence-corrected chi connectivity index (χ1v) is 2.64. The van der Waals surface area contributed by atoms with E-state index in [2.05, 4.69) is 0 Å². The van der Waals surface area contributed by atoms with Crippen LogP contribution in [-0.4, -0.2) is 23.0 Å². The van der Waals surface area contributed by atoms with E-state index in [-0.39, 0.29) is 11.6 Å². The molecule has 1 heterocycles. The smallest absolute Gasteiger partial charge is 0.183 e. The highest BCUT2D eigenvalue weighted by Crippen LogP contribution is 2.27. The maximum absolute atomic E-state index is 8.66. The Bertz CT molecular complexity index is 97.1. The van der Waals surface area contributed by atoms with Gasteiger partial charge in [-0.25, -0.2) is 0 Å². The van der Waals surface area contributed by atoms with E-state index in [0.29, 0.717) is 0 Å². The van der Waals surface area contributed by atoms with Crippen molar-refractivity contribution < 1.29 is 9.84 Å². The lowest BCUT2D eigenvalue weighted by molar-refractivity contribution is 0.155. The van der Waals surface area contributed by atoms with Gasteiger partial charge in [-0.2, -0.15) is 0 Å². The molecule has 0 aromatic rings. The minimum atomic E-state index is -0.616. The van der Waals surface area contributed by atoms with Crippen LogP contribution in [0.5, 0.6) is 0 Å². The summed E-state index contributed by atoms with van der Waals surface area (Å²) < 4.78 is 4.71. The van der Waals surface area contributed by atoms with Crippen molar-refractivity contribution in [2.45, 2.75) is 31.8 Å². The molecule has 1 aliphatic heterocycles. The normalized spacial score (nSPS) is 37.5. The fraction of sp³-hybridized carbons (Fsp3) is 1.00. The van der Waals surface area contributed by atoms with Gasteiger partial charge >= 0.3 is 0 Å². The largest absolute Gasteiger partial charge is 0.366 e. The van der Waals surface area contributed by atoms with E-state index in [0.717, 1.165) is 0 Å². The van der Waals surface area contributed by atoms with Crippen LogP contribution in [0.1, 0.15) is 13.8 Å². The molecule has 0 aromatic heterocycles. The van der Waals surface area contributed by atoms with Crippen LogP contribution in [0, 0.1) is 0 Å². The van der Waals surface area contributed by atoms with Crippen LogP contribution in [0.3, 0.4) is 0 Å². The number of hydrogen-bond donors (Lipinski definition) is 2. The Kier molecular flexibility index (Phi) is 1.08. The van der Waals surface area contributed by atoms with E-state index in [1.165, 1.54) is 0 Å². The van der Waals surface area contributed by atoms with Crippen molar-refractivity contribution in [2.75, 3.05) is 0 Å². The van der Waals surface area contributed by atoms with Gasteiger partial charge < -0.3 is 15.6 Å². The topological polar surface area (TPSA) is 58.8 Å². The molecular weight excluding hydrogens is 106 g/mol. The highest BCUT2D eigenvalue weighted by Gasteiger charge is 2.46. The number of ether oxygens (including phenoxy) is 1. The maximum Gasteiger partial charge on any atom is 0.183 e. The second-order valence-corrected chi connectivity index (χ2v) is 2.77. The van der Waals surface area contributed by atoms with Crippen LogP contribution in [0.2, 0.25) is 0 Å². The van der Waals surface area contributed by atoms with Gasteiger partial charge in [0.2, 0.25) is 0 Å². The molecule has 1 aliphatic rings. The summed E-state index contributed by atoms with van der Waals surface area (Å²) in [5, 5.41) is 8.66. The lowest BCUT2D eigenvalue weighted by Gasteiger charge is -2.13. The number of aliphatic hydroxyl groups excluding tert-OH is 1. The summed E-state index contributed by atoms with van der Waals surface area (Å²) in [5.41, 5.74) is 5.16. The molecule has 0 spiro atoms. The predicted molar refractivity (Wildman–Crippen MR) is 29.1 cm³/mol. The molecule has 1 saturated heterocycles. The van der Waals surface area contributed by atoms with E-state index < -0.39 is 6.29 Å². The number of rotatable bonds is 1. The number of hydrogen-bond acceptors (Lipinski definition) is 3. The van der Waals surface area contributed by atoms with Gasteiger partial charge in [0.1, 0.15) is 6.10 Å². The highest BCUT2D eigenvalue weighted by molar-refractivity contribution is 4.93. The Labute approximate surface area is 48.4 Å². The summed E-state index contributed by atoms with van der Waals surface area (Å²) in [6.45, 7) is 3.65. The third-order valence-electron chi connectivity index (χ3n) is 1.20. The SMILES string of the molecule is CC(C)(N)C1OC1O. The van der Waals surface area contributed by atoms with Gasteiger partial charge in [-0.1, -0.05) is 0 Å². The fourth-order valence-electron chi connectivity index (χ4n) is 0.648. The molecule has 1 rings (SSSR count). The first kappa shape index (κ1) is 6.01. The van der Waals surface area contributed by atoms with Gasteiger partial charge in [0, 0.05) is 5.54 Å². The summed E-state index contributed by atoms with van der Waals surface area (Å²) in [7, 11) is 0. The molecule has 0 aliphatic carbocycles. The Morgan fingerprint density at radius 1 is 1.62 bits per heavy atom. The molecule has 3 N–H and O–H groups in total. The first-order valence-electron chi connectivity index (χ1n) is 2.64. The third-order valence-corrected chi connectivity index (χ3v) is 1.20. The lowest BCUT2D eigenvalue weighted by atomic mass is 10.0. The summed E-state index contributed by atoms with van der Waals surface area (Å²) in [4.78, 5) is 0. The Hall–Kier alpha value is -0.120. The van der Waals surface area contributed by atoms with Gasteiger partial charge in [-0.3, -0.25) is 0 Å². The zero-order valence-electron chi connectivity index (χ0n) is 5.09. The molecule has 0 amide bonds. The monoisotopic (exact) mass is 117 g/mol. The molecule has 0 bridgehead atoms. The molecule has 0 saturated carbocycles. The number of nitrogens with two attached hydrogens (primary N) is 1. The van der Waals surface area contributed by atoms with Crippen LogP contribution in [0.4, 0.5) is 0 Å². The zero-order valence-corrected chi connectivity index (χ0v) is 5.09. The minimum absolute atomic E-state index is 0.150. The summed E-state index contributed by atoms with van der Waals surface area (Å²) >= 11 is 0. The quantitative estimate of drug-likeness (QED) is 0.453. The Morgan fingerprint density at radius 2 is 2.00 bits per heavy atom. The number of aliphatic hydroxyl groups is 1. The van der Waals surface area contributed by atoms with Crippen molar-refractivity contribution in [3.05, 3.63) is 0 Å². The Morgan fingerprint density at radius 3 is 2.00 bits per heavy atom. The van der Waals surface area contributed by atoms with E-state index in [9.17, 15) is 0 Å². The predicted octanol–water partition coefficient (Wildman–Crippen LogP) is -0.559. The minimum Gasteiger partial charge on any atom is -0.366 e. The Balaban J connectivity index is 2.39.